The number of hydrogen-bond donors (Lipinski definition) is 0. The van der Waals surface area contributed by atoms with E-state index in [1.807, 2.05) is 36.4 Å². The van der Waals surface area contributed by atoms with Gasteiger partial charge in [0.25, 0.3) is 0 Å². The zero-order chi connectivity index (χ0) is 42.4. The molecule has 2 aliphatic rings. The molecule has 0 nitrogen and oxygen atoms in total. The maximum atomic E-state index is 14.1. The molecule has 0 heterocycles. The third-order valence-corrected chi connectivity index (χ3v) is 19.9. The fourth-order valence-corrected chi connectivity index (χ4v) is 17.8. The number of alkyl halides is 6. The number of hydrogen-bond acceptors (Lipinski definition) is 0. The first-order valence-corrected chi connectivity index (χ1v) is 24.2. The molecule has 0 saturated carbocycles. The van der Waals surface area contributed by atoms with Gasteiger partial charge in [-0.1, -0.05) is 0 Å². The smallest absolute Gasteiger partial charge is 1.00 e. The van der Waals surface area contributed by atoms with Crippen molar-refractivity contribution in [3.8, 4) is 33.4 Å². The normalized spacial score (nSPS) is 14.4. The Morgan fingerprint density at radius 1 is 0.597 bits per heavy atom. The minimum atomic E-state index is -4.55. The van der Waals surface area contributed by atoms with Crippen molar-refractivity contribution < 1.29 is 72.4 Å². The number of allylic oxidation sites excluding steroid dienone is 4. The second-order valence-electron chi connectivity index (χ2n) is 16.9. The summed E-state index contributed by atoms with van der Waals surface area (Å²) in [6.07, 6.45) is -0.809. The van der Waals surface area contributed by atoms with Gasteiger partial charge in [0.1, 0.15) is 0 Å². The monoisotopic (exact) mass is 956 g/mol. The molecule has 9 heteroatoms. The molecule has 0 N–H and O–H groups in total. The number of benzene rings is 6. The molecule has 0 saturated heterocycles. The van der Waals surface area contributed by atoms with Crippen LogP contribution < -0.4 is 28.1 Å². The second kappa shape index (κ2) is 18.8. The van der Waals surface area contributed by atoms with Gasteiger partial charge >= 0.3 is 358 Å². The number of fused-ring (bicyclic) bond motifs is 3. The predicted molar refractivity (Wildman–Crippen MR) is 230 cm³/mol. The van der Waals surface area contributed by atoms with Crippen molar-refractivity contribution in [3.63, 3.8) is 0 Å². The Morgan fingerprint density at radius 3 is 1.63 bits per heavy atom. The minimum Gasteiger partial charge on any atom is -1.00 e. The molecule has 318 valence electrons. The molecular formula is C53H46Cl2F6Zr. The molecule has 0 aromatic heterocycles. The Hall–Kier alpha value is -4.29. The predicted octanol–water partition coefficient (Wildman–Crippen LogP) is 8.83. The summed E-state index contributed by atoms with van der Waals surface area (Å²) >= 11 is -3.78. The summed E-state index contributed by atoms with van der Waals surface area (Å²) in [6, 6.07) is 42.2. The fraction of sp³-hybridized carbons (Fsp3) is 0.226. The van der Waals surface area contributed by atoms with Gasteiger partial charge < -0.3 is 24.8 Å². The fourth-order valence-electron chi connectivity index (χ4n) is 8.77. The van der Waals surface area contributed by atoms with Crippen LogP contribution in [0.3, 0.4) is 0 Å². The minimum absolute atomic E-state index is 0. The first-order valence-electron chi connectivity index (χ1n) is 20.6. The van der Waals surface area contributed by atoms with E-state index in [4.69, 9.17) is 0 Å². The third-order valence-electron chi connectivity index (χ3n) is 11.9. The van der Waals surface area contributed by atoms with Crippen LogP contribution in [-0.2, 0) is 40.0 Å². The number of halogens is 8. The van der Waals surface area contributed by atoms with Gasteiger partial charge in [-0.3, -0.25) is 0 Å². The van der Waals surface area contributed by atoms with Crippen LogP contribution in [0, 0.1) is 11.3 Å². The number of rotatable bonds is 9. The first kappa shape index (κ1) is 47.2. The summed E-state index contributed by atoms with van der Waals surface area (Å²) < 4.78 is 88.2. The zero-order valence-corrected chi connectivity index (χ0v) is 38.8. The summed E-state index contributed by atoms with van der Waals surface area (Å²) in [5.74, 6) is 0.0698. The van der Waals surface area contributed by atoms with Crippen LogP contribution in [0.1, 0.15) is 80.3 Å². The largest absolute Gasteiger partial charge is 1.00 e. The molecule has 1 unspecified atom stereocenters. The van der Waals surface area contributed by atoms with Gasteiger partial charge in [-0.15, -0.1) is 0 Å². The molecule has 6 aromatic rings. The van der Waals surface area contributed by atoms with Gasteiger partial charge in [0.05, 0.1) is 0 Å². The standard InChI is InChI=1S/C25H17.C15H8F6.C13H21.2ClH.Zr/c1-3-7-18(8-4-1)20-11-13-24-22(15-20)17-23-16-21(12-14-25(23)24)19-9-5-2-6-10-19;16-14(17,18)12-5-1-10(2-6-12)9-11-3-7-13(8-4-11)15(19,20)21;1-5-6-7-11-8-9-12(10-11)13(2,3)4;;;/h1-15H,17H2;1-8H;9-11H,5-7H2,1-4H3;2*1H;/q;;;;;+2/p-2. The molecule has 0 bridgehead atoms. The van der Waals surface area contributed by atoms with E-state index in [0.717, 1.165) is 80.1 Å². The van der Waals surface area contributed by atoms with Crippen molar-refractivity contribution in [2.45, 2.75) is 65.7 Å². The molecule has 0 spiro atoms. The molecule has 0 fully saturated rings. The molecule has 0 amide bonds. The average molecular weight is 959 g/mol. The molecule has 6 aromatic carbocycles. The van der Waals surface area contributed by atoms with E-state index >= 15 is 0 Å². The van der Waals surface area contributed by atoms with Crippen LogP contribution in [0.2, 0.25) is 0 Å². The van der Waals surface area contributed by atoms with E-state index in [-0.39, 0.29) is 36.1 Å². The van der Waals surface area contributed by atoms with Gasteiger partial charge in [0.2, 0.25) is 0 Å². The van der Waals surface area contributed by atoms with Crippen LogP contribution >= 0.6 is 0 Å². The van der Waals surface area contributed by atoms with E-state index in [2.05, 4.69) is 94.4 Å². The van der Waals surface area contributed by atoms with Crippen LogP contribution in [0.25, 0.3) is 33.4 Å². The van der Waals surface area contributed by atoms with Gasteiger partial charge in [0, 0.05) is 0 Å². The molecule has 1 atom stereocenters. The first-order chi connectivity index (χ1) is 28.6. The topological polar surface area (TPSA) is 0 Å². The molecular weight excluding hydrogens is 913 g/mol. The van der Waals surface area contributed by atoms with E-state index < -0.39 is 44.7 Å². The summed E-state index contributed by atoms with van der Waals surface area (Å²) in [5.41, 5.74) is 9.70. The van der Waals surface area contributed by atoms with Crippen molar-refractivity contribution >= 4 is 6.48 Å². The van der Waals surface area contributed by atoms with Crippen molar-refractivity contribution in [1.29, 1.82) is 0 Å². The van der Waals surface area contributed by atoms with Crippen molar-refractivity contribution in [3.05, 3.63) is 194 Å². The van der Waals surface area contributed by atoms with Crippen molar-refractivity contribution in [2.24, 2.45) is 11.3 Å². The Balaban J connectivity index is 0.00000321. The molecule has 62 heavy (non-hydrogen) atoms. The van der Waals surface area contributed by atoms with E-state index in [1.54, 1.807) is 0 Å². The average Bonchev–Trinajstić information content (AvgIpc) is 3.84. The quantitative estimate of drug-likeness (QED) is 0.127. The maximum absolute atomic E-state index is 14.1. The summed E-state index contributed by atoms with van der Waals surface area (Å²) in [5, 5.41) is 0. The Bertz CT molecular complexity index is 2570. The van der Waals surface area contributed by atoms with Gasteiger partial charge in [0.15, 0.2) is 0 Å². The Labute approximate surface area is 380 Å². The van der Waals surface area contributed by atoms with E-state index in [0.29, 0.717) is 17.5 Å². The molecule has 8 rings (SSSR count). The van der Waals surface area contributed by atoms with Crippen molar-refractivity contribution in [1.82, 2.24) is 0 Å². The maximum Gasteiger partial charge on any atom is -1.00 e. The number of unbranched alkanes of at least 4 members (excludes halogenated alkanes) is 1. The Kier molecular flexibility index (Phi) is 14.3. The summed E-state index contributed by atoms with van der Waals surface area (Å²) in [6.45, 7) is 8.77. The van der Waals surface area contributed by atoms with Crippen LogP contribution in [0.4, 0.5) is 26.3 Å². The van der Waals surface area contributed by atoms with Crippen LogP contribution in [0.15, 0.2) is 161 Å². The van der Waals surface area contributed by atoms with E-state index in [9.17, 15) is 26.3 Å². The Morgan fingerprint density at radius 2 is 1.11 bits per heavy atom. The summed E-state index contributed by atoms with van der Waals surface area (Å²) in [4.78, 5) is 0. The van der Waals surface area contributed by atoms with Gasteiger partial charge in [-0.05, 0) is 0 Å². The third kappa shape index (κ3) is 9.61. The molecule has 0 aliphatic heterocycles. The van der Waals surface area contributed by atoms with Gasteiger partial charge in [-0.2, -0.15) is 0 Å². The second-order valence-corrected chi connectivity index (χ2v) is 22.6. The summed E-state index contributed by atoms with van der Waals surface area (Å²) in [7, 11) is 0. The SMILES string of the molecule is CCCCC1C=C(C(C)(C)C)C=[C]1[Zr+2](=[C](c1ccc(C(F)(F)F)cc1)c1ccc(C(F)(F)F)cc1)[c]1c(-c2ccccc2)ccc2c1Cc1cc(-c3ccccc3)ccc1-2.[Cl-].[Cl-]. The van der Waals surface area contributed by atoms with Crippen LogP contribution in [-0.4, -0.2) is 3.21 Å². The van der Waals surface area contributed by atoms with Crippen molar-refractivity contribution in [2.75, 3.05) is 0 Å². The molecule has 0 radical (unpaired) electrons. The van der Waals surface area contributed by atoms with E-state index in [1.165, 1.54) is 47.5 Å². The zero-order valence-electron chi connectivity index (χ0n) is 34.9. The van der Waals surface area contributed by atoms with Crippen LogP contribution in [0.5, 0.6) is 0 Å². The molecule has 2 aliphatic carbocycles. The van der Waals surface area contributed by atoms with Gasteiger partial charge in [-0.25, -0.2) is 0 Å².